The molecule has 25 heavy (non-hydrogen) atoms. The Bertz CT molecular complexity index is 843. The zero-order valence-corrected chi connectivity index (χ0v) is 15.3. The topological polar surface area (TPSA) is 72.2 Å². The lowest BCUT2D eigenvalue weighted by Crippen LogP contribution is -2.19. The molecule has 0 atom stereocenters. The molecule has 1 N–H and O–H groups in total. The van der Waals surface area contributed by atoms with Crippen molar-refractivity contribution >= 4 is 35.2 Å². The van der Waals surface area contributed by atoms with Crippen LogP contribution in [0, 0.1) is 0 Å². The summed E-state index contributed by atoms with van der Waals surface area (Å²) in [6, 6.07) is 13.8. The van der Waals surface area contributed by atoms with Gasteiger partial charge < -0.3 is 4.57 Å². The highest BCUT2D eigenvalue weighted by Crippen LogP contribution is 2.23. The van der Waals surface area contributed by atoms with Gasteiger partial charge in [-0.1, -0.05) is 48.2 Å². The fourth-order valence-corrected chi connectivity index (χ4v) is 3.56. The summed E-state index contributed by atoms with van der Waals surface area (Å²) in [5.74, 6) is 0.862. The van der Waals surface area contributed by atoms with Crippen LogP contribution in [0.25, 0.3) is 11.4 Å². The smallest absolute Gasteiger partial charge is 0.250 e. The quantitative estimate of drug-likeness (QED) is 0.393. The van der Waals surface area contributed by atoms with Crippen molar-refractivity contribution < 1.29 is 4.79 Å². The van der Waals surface area contributed by atoms with Crippen LogP contribution in [0.15, 0.2) is 58.1 Å². The average molecular weight is 371 g/mol. The molecule has 0 unspecified atom stereocenters. The van der Waals surface area contributed by atoms with E-state index in [-0.39, 0.29) is 11.7 Å². The van der Waals surface area contributed by atoms with Gasteiger partial charge in [0, 0.05) is 17.0 Å². The van der Waals surface area contributed by atoms with Crippen molar-refractivity contribution in [3.63, 3.8) is 0 Å². The van der Waals surface area contributed by atoms with Gasteiger partial charge in [-0.3, -0.25) is 4.79 Å². The van der Waals surface area contributed by atoms with Gasteiger partial charge in [-0.25, -0.2) is 5.43 Å². The third kappa shape index (κ3) is 4.55. The molecule has 0 aliphatic rings. The van der Waals surface area contributed by atoms with Crippen molar-refractivity contribution in [2.75, 3.05) is 5.75 Å². The molecule has 0 saturated carbocycles. The summed E-state index contributed by atoms with van der Waals surface area (Å²) < 4.78 is 2.00. The summed E-state index contributed by atoms with van der Waals surface area (Å²) in [6.07, 6.45) is 1.63. The Balaban J connectivity index is 1.59. The van der Waals surface area contributed by atoms with Gasteiger partial charge in [0.1, 0.15) is 0 Å². The van der Waals surface area contributed by atoms with Crippen LogP contribution in [-0.4, -0.2) is 32.6 Å². The molecule has 2 heterocycles. The van der Waals surface area contributed by atoms with Crippen LogP contribution < -0.4 is 5.43 Å². The number of nitrogens with zero attached hydrogens (tertiary/aromatic N) is 4. The number of hydrogen-bond acceptors (Lipinski definition) is 6. The second-order valence-corrected chi connectivity index (χ2v) is 6.94. The lowest BCUT2D eigenvalue weighted by molar-refractivity contribution is -0.118. The number of hydrazone groups is 1. The highest BCUT2D eigenvalue weighted by molar-refractivity contribution is 7.99. The number of hydrogen-bond donors (Lipinski definition) is 1. The van der Waals surface area contributed by atoms with Gasteiger partial charge in [-0.2, -0.15) is 5.10 Å². The van der Waals surface area contributed by atoms with E-state index in [4.69, 9.17) is 0 Å². The highest BCUT2D eigenvalue weighted by Gasteiger charge is 2.14. The summed E-state index contributed by atoms with van der Waals surface area (Å²) in [5.41, 5.74) is 3.53. The molecule has 1 aromatic carbocycles. The lowest BCUT2D eigenvalue weighted by Gasteiger charge is -2.06. The monoisotopic (exact) mass is 371 g/mol. The predicted octanol–water partition coefficient (Wildman–Crippen LogP) is 3.27. The average Bonchev–Trinajstić information content (AvgIpc) is 3.30. The van der Waals surface area contributed by atoms with Gasteiger partial charge in [0.2, 0.25) is 0 Å². The third-order valence-corrected chi connectivity index (χ3v) is 5.10. The number of rotatable bonds is 7. The molecule has 3 rings (SSSR count). The van der Waals surface area contributed by atoms with Gasteiger partial charge in [0.05, 0.1) is 12.0 Å². The van der Waals surface area contributed by atoms with Crippen LogP contribution in [-0.2, 0) is 11.3 Å². The lowest BCUT2D eigenvalue weighted by atomic mass is 10.2. The number of thioether (sulfide) groups is 1. The Morgan fingerprint density at radius 3 is 2.84 bits per heavy atom. The van der Waals surface area contributed by atoms with Crippen LogP contribution in [0.4, 0.5) is 0 Å². The molecule has 3 aromatic rings. The van der Waals surface area contributed by atoms with E-state index in [1.54, 1.807) is 17.6 Å². The van der Waals surface area contributed by atoms with E-state index in [0.717, 1.165) is 28.0 Å². The van der Waals surface area contributed by atoms with Gasteiger partial charge in [-0.15, -0.1) is 21.5 Å². The molecule has 2 aromatic heterocycles. The molecular weight excluding hydrogens is 354 g/mol. The second kappa shape index (κ2) is 8.59. The van der Waals surface area contributed by atoms with Crippen LogP contribution in [0.5, 0.6) is 0 Å². The fraction of sp³-hybridized carbons (Fsp3) is 0.176. The number of nitrogens with one attached hydrogen (secondary N) is 1. The number of amides is 1. The summed E-state index contributed by atoms with van der Waals surface area (Å²) in [7, 11) is 0. The Labute approximate surface area is 154 Å². The predicted molar refractivity (Wildman–Crippen MR) is 102 cm³/mol. The summed E-state index contributed by atoms with van der Waals surface area (Å²) >= 11 is 2.91. The van der Waals surface area contributed by atoms with Crippen molar-refractivity contribution in [3.05, 3.63) is 52.7 Å². The fourth-order valence-electron chi connectivity index (χ4n) is 2.18. The summed E-state index contributed by atoms with van der Waals surface area (Å²) in [6.45, 7) is 2.77. The van der Waals surface area contributed by atoms with Gasteiger partial charge in [0.15, 0.2) is 11.0 Å². The number of thiophene rings is 1. The second-order valence-electron chi connectivity index (χ2n) is 5.01. The first kappa shape index (κ1) is 17.4. The van der Waals surface area contributed by atoms with Gasteiger partial charge >= 0.3 is 0 Å². The molecule has 128 valence electrons. The highest BCUT2D eigenvalue weighted by atomic mass is 32.2. The molecule has 0 radical (unpaired) electrons. The first-order valence-corrected chi connectivity index (χ1v) is 9.61. The number of benzene rings is 1. The zero-order valence-electron chi connectivity index (χ0n) is 13.6. The molecule has 0 aliphatic carbocycles. The van der Waals surface area contributed by atoms with E-state index in [0.29, 0.717) is 0 Å². The minimum absolute atomic E-state index is 0.176. The maximum Gasteiger partial charge on any atom is 0.250 e. The van der Waals surface area contributed by atoms with E-state index in [1.165, 1.54) is 11.8 Å². The van der Waals surface area contributed by atoms with Crippen LogP contribution in [0.1, 0.15) is 11.8 Å². The number of carbonyl (C=O) groups is 1. The maximum absolute atomic E-state index is 11.9. The molecule has 1 amide bonds. The van der Waals surface area contributed by atoms with Crippen molar-refractivity contribution in [1.29, 1.82) is 0 Å². The zero-order chi connectivity index (χ0) is 17.5. The van der Waals surface area contributed by atoms with Crippen LogP contribution in [0.2, 0.25) is 0 Å². The minimum atomic E-state index is -0.176. The van der Waals surface area contributed by atoms with Gasteiger partial charge in [0.25, 0.3) is 5.91 Å². The molecule has 0 spiro atoms. The Kier molecular flexibility index (Phi) is 5.97. The SMILES string of the molecule is CCn1c(SCC(=O)N/N=C\c2cccs2)nnc1-c1ccccc1. The first-order chi connectivity index (χ1) is 12.3. The maximum atomic E-state index is 11.9. The number of carbonyl (C=O) groups excluding carboxylic acids is 1. The van der Waals surface area contributed by atoms with E-state index in [9.17, 15) is 4.79 Å². The van der Waals surface area contributed by atoms with Crippen molar-refractivity contribution in [2.24, 2.45) is 5.10 Å². The number of aromatic nitrogens is 3. The van der Waals surface area contributed by atoms with E-state index >= 15 is 0 Å². The molecule has 0 saturated heterocycles. The standard InChI is InChI=1S/C17H17N5OS2/c1-2-22-16(13-7-4-3-5-8-13)20-21-17(22)25-12-15(23)19-18-11-14-9-6-10-24-14/h3-11H,2,12H2,1H3,(H,19,23)/b18-11-. The van der Waals surface area contributed by atoms with Crippen molar-refractivity contribution in [3.8, 4) is 11.4 Å². The van der Waals surface area contributed by atoms with Crippen molar-refractivity contribution in [2.45, 2.75) is 18.6 Å². The van der Waals surface area contributed by atoms with Crippen molar-refractivity contribution in [1.82, 2.24) is 20.2 Å². The van der Waals surface area contributed by atoms with Gasteiger partial charge in [-0.05, 0) is 18.4 Å². The van der Waals surface area contributed by atoms with Crippen LogP contribution in [0.3, 0.4) is 0 Å². The molecule has 6 nitrogen and oxygen atoms in total. The Hall–Kier alpha value is -2.45. The molecular formula is C17H17N5OS2. The molecule has 0 fully saturated rings. The van der Waals surface area contributed by atoms with E-state index < -0.39 is 0 Å². The van der Waals surface area contributed by atoms with Crippen LogP contribution >= 0.6 is 23.1 Å². The minimum Gasteiger partial charge on any atom is -0.302 e. The van der Waals surface area contributed by atoms with E-state index in [2.05, 4.69) is 20.7 Å². The molecule has 8 heteroatoms. The third-order valence-electron chi connectivity index (χ3n) is 3.32. The Morgan fingerprint density at radius 1 is 1.28 bits per heavy atom. The summed E-state index contributed by atoms with van der Waals surface area (Å²) in [5, 5.41) is 15.1. The molecule has 0 aliphatic heterocycles. The molecule has 0 bridgehead atoms. The first-order valence-electron chi connectivity index (χ1n) is 7.74. The Morgan fingerprint density at radius 2 is 2.12 bits per heavy atom. The largest absolute Gasteiger partial charge is 0.302 e. The van der Waals surface area contributed by atoms with E-state index in [1.807, 2.05) is 59.3 Å². The normalized spacial score (nSPS) is 11.1. The summed E-state index contributed by atoms with van der Waals surface area (Å²) in [4.78, 5) is 12.9.